The van der Waals surface area contributed by atoms with Gasteiger partial charge in [0.15, 0.2) is 6.61 Å². The van der Waals surface area contributed by atoms with Gasteiger partial charge >= 0.3 is 5.97 Å². The fourth-order valence-corrected chi connectivity index (χ4v) is 3.38. The van der Waals surface area contributed by atoms with Crippen LogP contribution in [-0.4, -0.2) is 30.1 Å². The maximum Gasteiger partial charge on any atom is 0.332 e. The molecule has 8 heteroatoms. The van der Waals surface area contributed by atoms with Gasteiger partial charge < -0.3 is 14.8 Å². The highest BCUT2D eigenvalue weighted by Gasteiger charge is 2.10. The van der Waals surface area contributed by atoms with E-state index in [1.807, 2.05) is 31.2 Å². The van der Waals surface area contributed by atoms with E-state index in [2.05, 4.69) is 10.3 Å². The highest BCUT2D eigenvalue weighted by atomic mass is 35.5. The Morgan fingerprint density at radius 3 is 2.81 bits per heavy atom. The number of benzene rings is 2. The van der Waals surface area contributed by atoms with Gasteiger partial charge in [-0.25, -0.2) is 9.78 Å². The zero-order valence-electron chi connectivity index (χ0n) is 14.5. The Labute approximate surface area is 165 Å². The average molecular weight is 405 g/mol. The monoisotopic (exact) mass is 404 g/mol. The number of amides is 1. The third kappa shape index (κ3) is 5.50. The Hall–Kier alpha value is -2.48. The van der Waals surface area contributed by atoms with Gasteiger partial charge in [0.25, 0.3) is 5.91 Å². The molecule has 0 aliphatic carbocycles. The number of aromatic nitrogens is 1. The third-order valence-electron chi connectivity index (χ3n) is 3.62. The molecule has 0 bridgehead atoms. The average Bonchev–Trinajstić information content (AvgIpc) is 3.06. The lowest BCUT2D eigenvalue weighted by Crippen LogP contribution is -2.23. The van der Waals surface area contributed by atoms with Gasteiger partial charge in [0.2, 0.25) is 0 Å². The molecular formula is C19H17ClN2O4S. The van der Waals surface area contributed by atoms with Crippen LogP contribution >= 0.6 is 22.9 Å². The topological polar surface area (TPSA) is 77.5 Å². The summed E-state index contributed by atoms with van der Waals surface area (Å²) in [7, 11) is 0. The van der Waals surface area contributed by atoms with Crippen molar-refractivity contribution in [3.63, 3.8) is 0 Å². The number of aryl methyl sites for hydroxylation is 1. The summed E-state index contributed by atoms with van der Waals surface area (Å²) in [5, 5.41) is 3.94. The van der Waals surface area contributed by atoms with Crippen LogP contribution in [0.2, 0.25) is 5.02 Å². The summed E-state index contributed by atoms with van der Waals surface area (Å²) < 4.78 is 11.3. The molecule has 27 heavy (non-hydrogen) atoms. The third-order valence-corrected chi connectivity index (χ3v) is 4.87. The number of carbonyl (C=O) groups excluding carboxylic acids is 2. The summed E-state index contributed by atoms with van der Waals surface area (Å²) in [5.74, 6) is -1.06. The lowest BCUT2D eigenvalue weighted by Gasteiger charge is -2.09. The largest absolute Gasteiger partial charge is 0.454 e. The first-order valence-electron chi connectivity index (χ1n) is 8.15. The zero-order chi connectivity index (χ0) is 19.2. The number of esters is 1. The lowest BCUT2D eigenvalue weighted by atomic mass is 10.2. The molecule has 1 aromatic heterocycles. The molecule has 0 atom stereocenters. The molecular weight excluding hydrogens is 388 g/mol. The SMILES string of the molecule is Cc1ccc(Cl)cc1NC(=O)COC(=O)COCc1nc2ccccc2s1. The number of ether oxygens (including phenoxy) is 2. The molecule has 2 aromatic carbocycles. The van der Waals surface area contributed by atoms with Crippen LogP contribution in [0.3, 0.4) is 0 Å². The summed E-state index contributed by atoms with van der Waals surface area (Å²) in [5.41, 5.74) is 2.34. The molecule has 3 aromatic rings. The molecule has 0 unspecified atom stereocenters. The second-order valence-electron chi connectivity index (χ2n) is 5.74. The number of anilines is 1. The van der Waals surface area contributed by atoms with Gasteiger partial charge in [0, 0.05) is 10.7 Å². The number of nitrogens with zero attached hydrogens (tertiary/aromatic N) is 1. The fourth-order valence-electron chi connectivity index (χ4n) is 2.31. The lowest BCUT2D eigenvalue weighted by molar-refractivity contribution is -0.152. The molecule has 140 valence electrons. The van der Waals surface area contributed by atoms with Crippen molar-refractivity contribution in [2.24, 2.45) is 0 Å². The number of hydrogen-bond donors (Lipinski definition) is 1. The Kier molecular flexibility index (Phi) is 6.39. The number of para-hydroxylation sites is 1. The van der Waals surface area contributed by atoms with E-state index in [4.69, 9.17) is 21.1 Å². The summed E-state index contributed by atoms with van der Waals surface area (Å²) in [6.07, 6.45) is 0. The number of nitrogens with one attached hydrogen (secondary N) is 1. The molecule has 1 amide bonds. The van der Waals surface area contributed by atoms with Crippen LogP contribution in [0.4, 0.5) is 5.69 Å². The van der Waals surface area contributed by atoms with E-state index in [0.717, 1.165) is 20.8 Å². The summed E-state index contributed by atoms with van der Waals surface area (Å²) in [6.45, 7) is 1.41. The second-order valence-corrected chi connectivity index (χ2v) is 7.29. The smallest absolute Gasteiger partial charge is 0.332 e. The first kappa shape index (κ1) is 19.3. The minimum atomic E-state index is -0.617. The van der Waals surface area contributed by atoms with Crippen molar-refractivity contribution in [2.75, 3.05) is 18.5 Å². The van der Waals surface area contributed by atoms with Crippen molar-refractivity contribution in [3.8, 4) is 0 Å². The first-order valence-corrected chi connectivity index (χ1v) is 9.34. The van der Waals surface area contributed by atoms with Crippen molar-refractivity contribution in [3.05, 3.63) is 58.1 Å². The minimum absolute atomic E-state index is 0.211. The predicted molar refractivity (Wildman–Crippen MR) is 105 cm³/mol. The number of halogens is 1. The maximum absolute atomic E-state index is 11.9. The Bertz CT molecular complexity index is 940. The van der Waals surface area contributed by atoms with Crippen LogP contribution in [0.1, 0.15) is 10.6 Å². The van der Waals surface area contributed by atoms with Crippen molar-refractivity contribution in [2.45, 2.75) is 13.5 Å². The Morgan fingerprint density at radius 2 is 2.00 bits per heavy atom. The molecule has 0 aliphatic heterocycles. The van der Waals surface area contributed by atoms with E-state index in [9.17, 15) is 9.59 Å². The van der Waals surface area contributed by atoms with Gasteiger partial charge in [0.05, 0.1) is 16.8 Å². The van der Waals surface area contributed by atoms with Crippen LogP contribution in [0.15, 0.2) is 42.5 Å². The van der Waals surface area contributed by atoms with Gasteiger partial charge in [-0.1, -0.05) is 29.8 Å². The van der Waals surface area contributed by atoms with E-state index in [1.165, 1.54) is 11.3 Å². The molecule has 0 fully saturated rings. The van der Waals surface area contributed by atoms with Crippen LogP contribution in [0.25, 0.3) is 10.2 Å². The number of rotatable bonds is 7. The molecule has 0 aliphatic rings. The van der Waals surface area contributed by atoms with Crippen molar-refractivity contribution in [1.29, 1.82) is 0 Å². The standard InChI is InChI=1S/C19H17ClN2O4S/c1-12-6-7-13(20)8-15(12)21-17(23)9-26-19(24)11-25-10-18-22-14-4-2-3-5-16(14)27-18/h2-8H,9-11H2,1H3,(H,21,23). The molecule has 1 N–H and O–H groups in total. The molecule has 0 saturated carbocycles. The van der Waals surface area contributed by atoms with E-state index in [-0.39, 0.29) is 13.2 Å². The van der Waals surface area contributed by atoms with Crippen LogP contribution in [-0.2, 0) is 25.7 Å². The highest BCUT2D eigenvalue weighted by molar-refractivity contribution is 7.18. The quantitative estimate of drug-likeness (QED) is 0.603. The molecule has 1 heterocycles. The first-order chi connectivity index (χ1) is 13.0. The molecule has 0 radical (unpaired) electrons. The van der Waals surface area contributed by atoms with Crippen LogP contribution < -0.4 is 5.32 Å². The number of fused-ring (bicyclic) bond motifs is 1. The molecule has 3 rings (SSSR count). The van der Waals surface area contributed by atoms with Gasteiger partial charge in [0.1, 0.15) is 11.6 Å². The van der Waals surface area contributed by atoms with E-state index >= 15 is 0 Å². The van der Waals surface area contributed by atoms with Gasteiger partial charge in [-0.15, -0.1) is 11.3 Å². The van der Waals surface area contributed by atoms with E-state index < -0.39 is 18.5 Å². The van der Waals surface area contributed by atoms with Crippen molar-refractivity contribution < 1.29 is 19.1 Å². The summed E-state index contributed by atoms with van der Waals surface area (Å²) >= 11 is 7.41. The Morgan fingerprint density at radius 1 is 1.19 bits per heavy atom. The maximum atomic E-state index is 11.9. The zero-order valence-corrected chi connectivity index (χ0v) is 16.1. The van der Waals surface area contributed by atoms with Crippen LogP contribution in [0.5, 0.6) is 0 Å². The normalized spacial score (nSPS) is 10.7. The minimum Gasteiger partial charge on any atom is -0.454 e. The molecule has 0 saturated heterocycles. The van der Waals surface area contributed by atoms with Gasteiger partial charge in [-0.3, -0.25) is 4.79 Å². The van der Waals surface area contributed by atoms with E-state index in [1.54, 1.807) is 18.2 Å². The fraction of sp³-hybridized carbons (Fsp3) is 0.211. The summed E-state index contributed by atoms with van der Waals surface area (Å²) in [6, 6.07) is 12.9. The van der Waals surface area contributed by atoms with E-state index in [0.29, 0.717) is 10.7 Å². The Balaban J connectivity index is 1.40. The number of thiazole rings is 1. The molecule has 6 nitrogen and oxygen atoms in total. The predicted octanol–water partition coefficient (Wildman–Crippen LogP) is 3.96. The number of carbonyl (C=O) groups is 2. The highest BCUT2D eigenvalue weighted by Crippen LogP contribution is 2.22. The van der Waals surface area contributed by atoms with Crippen molar-refractivity contribution in [1.82, 2.24) is 4.98 Å². The number of hydrogen-bond acceptors (Lipinski definition) is 6. The van der Waals surface area contributed by atoms with Crippen molar-refractivity contribution >= 4 is 50.7 Å². The second kappa shape index (κ2) is 8.94. The van der Waals surface area contributed by atoms with Gasteiger partial charge in [-0.05, 0) is 36.8 Å². The molecule has 0 spiro atoms. The van der Waals surface area contributed by atoms with Crippen LogP contribution in [0, 0.1) is 6.92 Å². The van der Waals surface area contributed by atoms with Gasteiger partial charge in [-0.2, -0.15) is 0 Å². The summed E-state index contributed by atoms with van der Waals surface area (Å²) in [4.78, 5) is 28.0.